The number of carbonyl (C=O) groups excluding carboxylic acids is 1. The van der Waals surface area contributed by atoms with Crippen LogP contribution >= 0.6 is 0 Å². The maximum Gasteiger partial charge on any atom is 0.267 e. The lowest BCUT2D eigenvalue weighted by molar-refractivity contribution is 0.0946. The van der Waals surface area contributed by atoms with E-state index in [-0.39, 0.29) is 11.9 Å². The standard InChI is InChI=1S/C17H15N3O3/c18-8-10-5-14(19-9-10)17(21)20-13-7-12(13)11-1-2-15-16(6-11)23-4-3-22-15/h1-2,5-6,9,12-13,19H,3-4,7H2,(H,20,21). The van der Waals surface area contributed by atoms with Crippen LogP contribution in [0.2, 0.25) is 0 Å². The fourth-order valence-electron chi connectivity index (χ4n) is 2.85. The maximum atomic E-state index is 12.1. The van der Waals surface area contributed by atoms with E-state index in [0.717, 1.165) is 23.5 Å². The highest BCUT2D eigenvalue weighted by molar-refractivity contribution is 5.93. The molecule has 2 N–H and O–H groups in total. The molecule has 2 aliphatic rings. The summed E-state index contributed by atoms with van der Waals surface area (Å²) in [6.07, 6.45) is 2.43. The largest absolute Gasteiger partial charge is 0.486 e. The molecule has 0 saturated heterocycles. The molecule has 1 fully saturated rings. The van der Waals surface area contributed by atoms with Crippen LogP contribution in [-0.2, 0) is 0 Å². The number of fused-ring (bicyclic) bond motifs is 1. The third kappa shape index (κ3) is 2.61. The van der Waals surface area contributed by atoms with Crippen LogP contribution in [0.4, 0.5) is 0 Å². The van der Waals surface area contributed by atoms with Gasteiger partial charge < -0.3 is 19.8 Å². The van der Waals surface area contributed by atoms with E-state index in [2.05, 4.69) is 10.3 Å². The number of carbonyl (C=O) groups is 1. The Morgan fingerprint density at radius 1 is 1.26 bits per heavy atom. The first-order valence-corrected chi connectivity index (χ1v) is 7.53. The van der Waals surface area contributed by atoms with Crippen LogP contribution in [0.3, 0.4) is 0 Å². The average molecular weight is 309 g/mol. The molecule has 4 rings (SSSR count). The van der Waals surface area contributed by atoms with Crippen LogP contribution < -0.4 is 14.8 Å². The highest BCUT2D eigenvalue weighted by Crippen LogP contribution is 2.44. The normalized spacial score (nSPS) is 21.3. The fraction of sp³-hybridized carbons (Fsp3) is 0.294. The molecule has 116 valence electrons. The first kappa shape index (κ1) is 13.7. The third-order valence-electron chi connectivity index (χ3n) is 4.16. The number of nitrogens with zero attached hydrogens (tertiary/aromatic N) is 1. The van der Waals surface area contributed by atoms with Gasteiger partial charge in [0.1, 0.15) is 25.0 Å². The minimum atomic E-state index is -0.184. The molecule has 1 aliphatic heterocycles. The second kappa shape index (κ2) is 5.36. The lowest BCUT2D eigenvalue weighted by Crippen LogP contribution is -2.26. The van der Waals surface area contributed by atoms with E-state index in [1.54, 1.807) is 6.07 Å². The van der Waals surface area contributed by atoms with Gasteiger partial charge in [-0.3, -0.25) is 4.79 Å². The van der Waals surface area contributed by atoms with Crippen molar-refractivity contribution in [3.8, 4) is 17.6 Å². The van der Waals surface area contributed by atoms with Crippen LogP contribution in [0.25, 0.3) is 0 Å². The third-order valence-corrected chi connectivity index (χ3v) is 4.16. The number of nitriles is 1. The highest BCUT2D eigenvalue weighted by atomic mass is 16.6. The van der Waals surface area contributed by atoms with Crippen LogP contribution in [0.1, 0.15) is 34.0 Å². The molecule has 1 amide bonds. The molecular weight excluding hydrogens is 294 g/mol. The Morgan fingerprint density at radius 3 is 2.87 bits per heavy atom. The highest BCUT2D eigenvalue weighted by Gasteiger charge is 2.40. The summed E-state index contributed by atoms with van der Waals surface area (Å²) in [7, 11) is 0. The van der Waals surface area contributed by atoms with E-state index in [1.165, 1.54) is 6.20 Å². The molecule has 6 nitrogen and oxygen atoms in total. The van der Waals surface area contributed by atoms with E-state index >= 15 is 0 Å². The van der Waals surface area contributed by atoms with E-state index in [4.69, 9.17) is 14.7 Å². The van der Waals surface area contributed by atoms with Gasteiger partial charge in [-0.1, -0.05) is 6.07 Å². The number of aromatic amines is 1. The van der Waals surface area contributed by atoms with Gasteiger partial charge in [0.2, 0.25) is 0 Å². The predicted molar refractivity (Wildman–Crippen MR) is 81.6 cm³/mol. The first-order chi connectivity index (χ1) is 11.2. The smallest absolute Gasteiger partial charge is 0.267 e. The van der Waals surface area contributed by atoms with Gasteiger partial charge in [-0.05, 0) is 30.2 Å². The Labute approximate surface area is 133 Å². The molecule has 1 aliphatic carbocycles. The molecule has 2 atom stereocenters. The summed E-state index contributed by atoms with van der Waals surface area (Å²) >= 11 is 0. The van der Waals surface area contributed by atoms with Crippen molar-refractivity contribution in [2.75, 3.05) is 13.2 Å². The second-order valence-electron chi connectivity index (χ2n) is 5.74. The van der Waals surface area contributed by atoms with Gasteiger partial charge in [0.05, 0.1) is 5.56 Å². The minimum Gasteiger partial charge on any atom is -0.486 e. The molecule has 2 aromatic rings. The number of nitrogens with one attached hydrogen (secondary N) is 2. The zero-order chi connectivity index (χ0) is 15.8. The van der Waals surface area contributed by atoms with Gasteiger partial charge in [-0.15, -0.1) is 0 Å². The Hall–Kier alpha value is -2.94. The maximum absolute atomic E-state index is 12.1. The van der Waals surface area contributed by atoms with E-state index in [9.17, 15) is 4.79 Å². The molecule has 0 radical (unpaired) electrons. The summed E-state index contributed by atoms with van der Waals surface area (Å²) in [5, 5.41) is 11.8. The molecule has 1 aromatic carbocycles. The number of aromatic nitrogens is 1. The van der Waals surface area contributed by atoms with Gasteiger partial charge >= 0.3 is 0 Å². The van der Waals surface area contributed by atoms with Crippen LogP contribution in [0.15, 0.2) is 30.5 Å². The van der Waals surface area contributed by atoms with Crippen LogP contribution in [0, 0.1) is 11.3 Å². The topological polar surface area (TPSA) is 87.1 Å². The summed E-state index contributed by atoms with van der Waals surface area (Å²) in [4.78, 5) is 15.0. The second-order valence-corrected chi connectivity index (χ2v) is 5.74. The van der Waals surface area contributed by atoms with Crippen molar-refractivity contribution in [1.82, 2.24) is 10.3 Å². The molecule has 2 unspecified atom stereocenters. The molecule has 1 aromatic heterocycles. The Bertz CT molecular complexity index is 806. The summed E-state index contributed by atoms with van der Waals surface area (Å²) < 4.78 is 11.1. The molecule has 2 heterocycles. The monoisotopic (exact) mass is 309 g/mol. The number of hydrogen-bond acceptors (Lipinski definition) is 4. The zero-order valence-corrected chi connectivity index (χ0v) is 12.3. The van der Waals surface area contributed by atoms with Crippen LogP contribution in [-0.4, -0.2) is 30.1 Å². The molecule has 0 bridgehead atoms. The first-order valence-electron chi connectivity index (χ1n) is 7.53. The van der Waals surface area contributed by atoms with E-state index in [0.29, 0.717) is 30.4 Å². The molecule has 6 heteroatoms. The zero-order valence-electron chi connectivity index (χ0n) is 12.3. The summed E-state index contributed by atoms with van der Waals surface area (Å²) in [6, 6.07) is 9.60. The van der Waals surface area contributed by atoms with Crippen molar-refractivity contribution in [1.29, 1.82) is 5.26 Å². The summed E-state index contributed by atoms with van der Waals surface area (Å²) in [6.45, 7) is 1.14. The number of rotatable bonds is 3. The van der Waals surface area contributed by atoms with Gasteiger partial charge in [-0.25, -0.2) is 0 Å². The minimum absolute atomic E-state index is 0.110. The summed E-state index contributed by atoms with van der Waals surface area (Å²) in [5.74, 6) is 1.65. The van der Waals surface area contributed by atoms with Gasteiger partial charge in [0.25, 0.3) is 5.91 Å². The van der Waals surface area contributed by atoms with Crippen molar-refractivity contribution in [3.05, 3.63) is 47.3 Å². The van der Waals surface area contributed by atoms with Crippen LogP contribution in [0.5, 0.6) is 11.5 Å². The summed E-state index contributed by atoms with van der Waals surface area (Å²) in [5.41, 5.74) is 2.01. The van der Waals surface area contributed by atoms with E-state index in [1.807, 2.05) is 24.3 Å². The van der Waals surface area contributed by atoms with Gasteiger partial charge in [0, 0.05) is 18.2 Å². The SMILES string of the molecule is N#Cc1c[nH]c(C(=O)NC2CC2c2ccc3c(c2)OCCO3)c1. The number of ether oxygens (including phenoxy) is 2. The van der Waals surface area contributed by atoms with Gasteiger partial charge in [0.15, 0.2) is 11.5 Å². The fourth-order valence-corrected chi connectivity index (χ4v) is 2.85. The lowest BCUT2D eigenvalue weighted by atomic mass is 10.1. The van der Waals surface area contributed by atoms with Crippen molar-refractivity contribution < 1.29 is 14.3 Å². The molecule has 1 saturated carbocycles. The Kier molecular flexibility index (Phi) is 3.19. The number of H-pyrrole nitrogens is 1. The molecular formula is C17H15N3O3. The van der Waals surface area contributed by atoms with Crippen molar-refractivity contribution in [2.45, 2.75) is 18.4 Å². The predicted octanol–water partition coefficient (Wildman–Crippen LogP) is 1.94. The quantitative estimate of drug-likeness (QED) is 0.907. The number of benzene rings is 1. The Morgan fingerprint density at radius 2 is 2.09 bits per heavy atom. The average Bonchev–Trinajstić information content (AvgIpc) is 3.17. The van der Waals surface area contributed by atoms with Gasteiger partial charge in [-0.2, -0.15) is 5.26 Å². The van der Waals surface area contributed by atoms with E-state index < -0.39 is 0 Å². The van der Waals surface area contributed by atoms with Crippen molar-refractivity contribution >= 4 is 5.91 Å². The number of hydrogen-bond donors (Lipinski definition) is 2. The lowest BCUT2D eigenvalue weighted by Gasteiger charge is -2.18. The molecule has 0 spiro atoms. The Balaban J connectivity index is 1.42. The van der Waals surface area contributed by atoms with Crippen molar-refractivity contribution in [2.24, 2.45) is 0 Å². The number of amides is 1. The van der Waals surface area contributed by atoms with Crippen molar-refractivity contribution in [3.63, 3.8) is 0 Å². The molecule has 23 heavy (non-hydrogen) atoms.